The highest BCUT2D eigenvalue weighted by Crippen LogP contribution is 2.36. The van der Waals surface area contributed by atoms with E-state index in [2.05, 4.69) is 29.2 Å². The van der Waals surface area contributed by atoms with Gasteiger partial charge in [-0.25, -0.2) is 9.67 Å². The van der Waals surface area contributed by atoms with Gasteiger partial charge in [-0.05, 0) is 18.8 Å². The zero-order chi connectivity index (χ0) is 13.7. The SMILES string of the molecule is CC(C)Cn1ncnc1CNCC1(CO)CCCC1. The van der Waals surface area contributed by atoms with Crippen LogP contribution in [0.4, 0.5) is 0 Å². The monoisotopic (exact) mass is 266 g/mol. The Morgan fingerprint density at radius 3 is 2.79 bits per heavy atom. The average Bonchev–Trinajstić information content (AvgIpc) is 3.00. The number of nitrogens with one attached hydrogen (secondary N) is 1. The van der Waals surface area contributed by atoms with Crippen LogP contribution >= 0.6 is 0 Å². The molecular formula is C14H26N4O. The van der Waals surface area contributed by atoms with Crippen LogP contribution in [0.5, 0.6) is 0 Å². The van der Waals surface area contributed by atoms with Gasteiger partial charge in [-0.3, -0.25) is 0 Å². The van der Waals surface area contributed by atoms with Crippen LogP contribution < -0.4 is 5.32 Å². The number of aliphatic hydroxyl groups excluding tert-OH is 1. The molecule has 1 saturated carbocycles. The highest BCUT2D eigenvalue weighted by Gasteiger charge is 2.32. The molecule has 0 aliphatic heterocycles. The molecule has 1 aromatic heterocycles. The minimum atomic E-state index is 0.100. The molecular weight excluding hydrogens is 240 g/mol. The van der Waals surface area contributed by atoms with E-state index in [1.165, 1.54) is 12.8 Å². The van der Waals surface area contributed by atoms with Gasteiger partial charge in [0.1, 0.15) is 12.2 Å². The number of aromatic nitrogens is 3. The fourth-order valence-electron chi connectivity index (χ4n) is 2.88. The summed E-state index contributed by atoms with van der Waals surface area (Å²) in [5.41, 5.74) is 0.100. The Morgan fingerprint density at radius 1 is 1.42 bits per heavy atom. The fourth-order valence-corrected chi connectivity index (χ4v) is 2.88. The van der Waals surface area contributed by atoms with Gasteiger partial charge in [0.25, 0.3) is 0 Å². The maximum absolute atomic E-state index is 9.57. The minimum Gasteiger partial charge on any atom is -0.396 e. The second-order valence-corrected chi connectivity index (χ2v) is 6.22. The zero-order valence-electron chi connectivity index (χ0n) is 12.1. The average molecular weight is 266 g/mol. The Bertz CT molecular complexity index is 383. The predicted octanol–water partition coefficient (Wildman–Crippen LogP) is 1.58. The van der Waals surface area contributed by atoms with Crippen molar-refractivity contribution in [1.82, 2.24) is 20.1 Å². The third-order valence-corrected chi connectivity index (χ3v) is 4.02. The van der Waals surface area contributed by atoms with Crippen LogP contribution in [0.1, 0.15) is 45.4 Å². The molecule has 0 spiro atoms. The van der Waals surface area contributed by atoms with Crippen LogP contribution in [-0.2, 0) is 13.1 Å². The lowest BCUT2D eigenvalue weighted by molar-refractivity contribution is 0.127. The van der Waals surface area contributed by atoms with Crippen LogP contribution in [0.15, 0.2) is 6.33 Å². The zero-order valence-corrected chi connectivity index (χ0v) is 12.1. The minimum absolute atomic E-state index is 0.100. The fraction of sp³-hybridized carbons (Fsp3) is 0.857. The van der Waals surface area contributed by atoms with Gasteiger partial charge in [0.05, 0.1) is 6.54 Å². The molecule has 1 heterocycles. The number of nitrogens with zero attached hydrogens (tertiary/aromatic N) is 3. The van der Waals surface area contributed by atoms with Gasteiger partial charge >= 0.3 is 0 Å². The second kappa shape index (κ2) is 6.48. The highest BCUT2D eigenvalue weighted by molar-refractivity contribution is 4.89. The first-order chi connectivity index (χ1) is 9.15. The quantitative estimate of drug-likeness (QED) is 0.786. The Kier molecular flexibility index (Phi) is 4.93. The van der Waals surface area contributed by atoms with Crippen molar-refractivity contribution in [3.8, 4) is 0 Å². The first-order valence-electron chi connectivity index (χ1n) is 7.33. The lowest BCUT2D eigenvalue weighted by atomic mass is 9.87. The first-order valence-corrected chi connectivity index (χ1v) is 7.33. The molecule has 0 unspecified atom stereocenters. The molecule has 0 amide bonds. The van der Waals surface area contributed by atoms with E-state index in [1.807, 2.05) is 4.68 Å². The molecule has 1 aliphatic carbocycles. The summed E-state index contributed by atoms with van der Waals surface area (Å²) in [4.78, 5) is 4.31. The molecule has 1 aromatic rings. The van der Waals surface area contributed by atoms with Gasteiger partial charge in [0.15, 0.2) is 0 Å². The van der Waals surface area contributed by atoms with Crippen LogP contribution in [0, 0.1) is 11.3 Å². The van der Waals surface area contributed by atoms with E-state index in [9.17, 15) is 5.11 Å². The van der Waals surface area contributed by atoms with Crippen LogP contribution in [-0.4, -0.2) is 33.0 Å². The molecule has 0 bridgehead atoms. The Hall–Kier alpha value is -0.940. The van der Waals surface area contributed by atoms with E-state index in [4.69, 9.17) is 0 Å². The van der Waals surface area contributed by atoms with Crippen molar-refractivity contribution in [2.75, 3.05) is 13.2 Å². The smallest absolute Gasteiger partial charge is 0.140 e. The number of hydrogen-bond donors (Lipinski definition) is 2. The molecule has 5 nitrogen and oxygen atoms in total. The molecule has 1 fully saturated rings. The van der Waals surface area contributed by atoms with Crippen LogP contribution in [0.3, 0.4) is 0 Å². The van der Waals surface area contributed by atoms with E-state index >= 15 is 0 Å². The Labute approximate surface area is 115 Å². The molecule has 1 aliphatic rings. The van der Waals surface area contributed by atoms with Crippen molar-refractivity contribution in [2.45, 2.75) is 52.6 Å². The van der Waals surface area contributed by atoms with Gasteiger partial charge in [-0.2, -0.15) is 5.10 Å². The topological polar surface area (TPSA) is 63.0 Å². The largest absolute Gasteiger partial charge is 0.396 e. The Balaban J connectivity index is 1.83. The van der Waals surface area contributed by atoms with E-state index in [1.54, 1.807) is 6.33 Å². The molecule has 0 atom stereocenters. The lowest BCUT2D eigenvalue weighted by Gasteiger charge is -2.26. The molecule has 108 valence electrons. The molecule has 19 heavy (non-hydrogen) atoms. The lowest BCUT2D eigenvalue weighted by Crippen LogP contribution is -2.35. The van der Waals surface area contributed by atoms with Crippen LogP contribution in [0.25, 0.3) is 0 Å². The van der Waals surface area contributed by atoms with Crippen molar-refractivity contribution >= 4 is 0 Å². The molecule has 2 rings (SSSR count). The normalized spacial score (nSPS) is 18.3. The predicted molar refractivity (Wildman–Crippen MR) is 74.6 cm³/mol. The summed E-state index contributed by atoms with van der Waals surface area (Å²) in [5.74, 6) is 1.55. The summed E-state index contributed by atoms with van der Waals surface area (Å²) in [5, 5.41) is 17.3. The van der Waals surface area contributed by atoms with Crippen LogP contribution in [0.2, 0.25) is 0 Å². The molecule has 2 N–H and O–H groups in total. The summed E-state index contributed by atoms with van der Waals surface area (Å²) in [6.07, 6.45) is 6.37. The summed E-state index contributed by atoms with van der Waals surface area (Å²) in [7, 11) is 0. The summed E-state index contributed by atoms with van der Waals surface area (Å²) < 4.78 is 1.97. The van der Waals surface area contributed by atoms with Crippen molar-refractivity contribution in [1.29, 1.82) is 0 Å². The van der Waals surface area contributed by atoms with E-state index in [0.29, 0.717) is 12.5 Å². The van der Waals surface area contributed by atoms with Gasteiger partial charge < -0.3 is 10.4 Å². The van der Waals surface area contributed by atoms with E-state index < -0.39 is 0 Å². The number of hydrogen-bond acceptors (Lipinski definition) is 4. The highest BCUT2D eigenvalue weighted by atomic mass is 16.3. The van der Waals surface area contributed by atoms with Crippen molar-refractivity contribution < 1.29 is 5.11 Å². The first kappa shape index (κ1) is 14.5. The van der Waals surface area contributed by atoms with Gasteiger partial charge in [-0.1, -0.05) is 26.7 Å². The van der Waals surface area contributed by atoms with Crippen molar-refractivity contribution in [3.63, 3.8) is 0 Å². The third-order valence-electron chi connectivity index (χ3n) is 4.02. The van der Waals surface area contributed by atoms with Crippen molar-refractivity contribution in [3.05, 3.63) is 12.2 Å². The molecule has 0 aromatic carbocycles. The second-order valence-electron chi connectivity index (χ2n) is 6.22. The Morgan fingerprint density at radius 2 is 2.16 bits per heavy atom. The maximum atomic E-state index is 9.57. The third kappa shape index (κ3) is 3.76. The van der Waals surface area contributed by atoms with Gasteiger partial charge in [0, 0.05) is 25.1 Å². The molecule has 0 saturated heterocycles. The summed E-state index contributed by atoms with van der Waals surface area (Å²) in [6.45, 7) is 7.16. The number of aliphatic hydroxyl groups is 1. The van der Waals surface area contributed by atoms with E-state index in [-0.39, 0.29) is 5.41 Å². The molecule has 0 radical (unpaired) electrons. The summed E-state index contributed by atoms with van der Waals surface area (Å²) in [6, 6.07) is 0. The van der Waals surface area contributed by atoms with Gasteiger partial charge in [0.2, 0.25) is 0 Å². The molecule has 5 heteroatoms. The maximum Gasteiger partial charge on any atom is 0.140 e. The summed E-state index contributed by atoms with van der Waals surface area (Å²) >= 11 is 0. The number of rotatable bonds is 7. The standard InChI is InChI=1S/C14H26N4O/c1-12(2)8-18-13(16-11-17-18)7-15-9-14(10-19)5-3-4-6-14/h11-12,15,19H,3-10H2,1-2H3. The van der Waals surface area contributed by atoms with E-state index in [0.717, 1.165) is 38.3 Å². The van der Waals surface area contributed by atoms with Gasteiger partial charge in [-0.15, -0.1) is 0 Å². The van der Waals surface area contributed by atoms with Crippen molar-refractivity contribution in [2.24, 2.45) is 11.3 Å².